The largest absolute Gasteiger partial charge is 0.416 e. The van der Waals surface area contributed by atoms with Gasteiger partial charge in [0, 0.05) is 37.2 Å². The maximum Gasteiger partial charge on any atom is 0.416 e. The first-order valence-electron chi connectivity index (χ1n) is 9.17. The molecule has 0 saturated carbocycles. The summed E-state index contributed by atoms with van der Waals surface area (Å²) in [5.74, 6) is -0.253. The van der Waals surface area contributed by atoms with Crippen LogP contribution in [0.5, 0.6) is 0 Å². The average molecular weight is 438 g/mol. The maximum atomic E-state index is 14.2. The minimum absolute atomic E-state index is 0.0469. The fraction of sp³-hybridized carbons (Fsp3) is 0.238. The van der Waals surface area contributed by atoms with Gasteiger partial charge in [-0.25, -0.2) is 9.37 Å². The number of nitrogens with zero attached hydrogens (tertiary/aromatic N) is 2. The number of hydrogen-bond donors (Lipinski definition) is 1. The van der Waals surface area contributed by atoms with Gasteiger partial charge >= 0.3 is 6.18 Å². The fourth-order valence-electron chi connectivity index (χ4n) is 3.48. The molecule has 0 fully saturated rings. The Morgan fingerprint density at radius 3 is 2.57 bits per heavy atom. The standard InChI is InChI=1S/C21H16ClF4N3O/c22-16-3-1-2-13(18(16)23)10-29-9-8-17-15(11-29)20(30)28-19(27-17)12-4-6-14(7-5-12)21(24,25)26/h1-7H,8-11H2,(H,27,28,30). The summed E-state index contributed by atoms with van der Waals surface area (Å²) >= 11 is 5.83. The van der Waals surface area contributed by atoms with E-state index in [0.717, 1.165) is 12.1 Å². The van der Waals surface area contributed by atoms with Crippen LogP contribution in [-0.4, -0.2) is 21.4 Å². The van der Waals surface area contributed by atoms with Gasteiger partial charge in [-0.1, -0.05) is 35.9 Å². The molecule has 0 aliphatic carbocycles. The molecule has 0 bridgehead atoms. The first kappa shape index (κ1) is 20.6. The minimum atomic E-state index is -4.43. The van der Waals surface area contributed by atoms with Crippen molar-refractivity contribution in [2.75, 3.05) is 6.54 Å². The summed E-state index contributed by atoms with van der Waals surface area (Å²) in [5.41, 5.74) is 0.778. The Kier molecular flexibility index (Phi) is 5.38. The number of benzene rings is 2. The Balaban J connectivity index is 1.57. The molecule has 2 aromatic carbocycles. The molecule has 0 atom stereocenters. The molecule has 4 rings (SSSR count). The van der Waals surface area contributed by atoms with Crippen molar-refractivity contribution >= 4 is 11.6 Å². The SMILES string of the molecule is O=c1[nH]c(-c2ccc(C(F)(F)F)cc2)nc2c1CN(Cc1cccc(Cl)c1F)CC2. The van der Waals surface area contributed by atoms with Crippen molar-refractivity contribution in [2.24, 2.45) is 0 Å². The number of halogens is 5. The van der Waals surface area contributed by atoms with Crippen molar-refractivity contribution in [3.05, 3.63) is 86.0 Å². The number of nitrogens with one attached hydrogen (secondary N) is 1. The second-order valence-electron chi connectivity index (χ2n) is 7.09. The Hall–Kier alpha value is -2.71. The van der Waals surface area contributed by atoms with E-state index in [1.165, 1.54) is 18.2 Å². The van der Waals surface area contributed by atoms with E-state index in [4.69, 9.17) is 11.6 Å². The Morgan fingerprint density at radius 1 is 1.13 bits per heavy atom. The van der Waals surface area contributed by atoms with Crippen LogP contribution in [0, 0.1) is 5.82 Å². The zero-order valence-electron chi connectivity index (χ0n) is 15.6. The van der Waals surface area contributed by atoms with E-state index in [1.54, 1.807) is 12.1 Å². The van der Waals surface area contributed by atoms with Crippen LogP contribution in [0.1, 0.15) is 22.4 Å². The zero-order valence-corrected chi connectivity index (χ0v) is 16.3. The highest BCUT2D eigenvalue weighted by atomic mass is 35.5. The van der Waals surface area contributed by atoms with Crippen LogP contribution in [0.4, 0.5) is 17.6 Å². The third-order valence-corrected chi connectivity index (χ3v) is 5.35. The maximum absolute atomic E-state index is 14.2. The third kappa shape index (κ3) is 4.11. The van der Waals surface area contributed by atoms with Gasteiger partial charge in [0.05, 0.1) is 21.8 Å². The predicted octanol–water partition coefficient (Wildman–Crippen LogP) is 4.81. The molecule has 30 heavy (non-hydrogen) atoms. The van der Waals surface area contributed by atoms with E-state index in [9.17, 15) is 22.4 Å². The molecule has 156 valence electrons. The summed E-state index contributed by atoms with van der Waals surface area (Å²) in [6.45, 7) is 1.14. The van der Waals surface area contributed by atoms with Crippen LogP contribution in [0.25, 0.3) is 11.4 Å². The lowest BCUT2D eigenvalue weighted by Crippen LogP contribution is -2.35. The molecular formula is C21H16ClF4N3O. The molecule has 3 aromatic rings. The van der Waals surface area contributed by atoms with Crippen molar-refractivity contribution in [1.29, 1.82) is 0 Å². The highest BCUT2D eigenvalue weighted by Gasteiger charge is 2.30. The van der Waals surface area contributed by atoms with Crippen LogP contribution in [-0.2, 0) is 25.7 Å². The van der Waals surface area contributed by atoms with Gasteiger partial charge in [0.25, 0.3) is 5.56 Å². The highest BCUT2D eigenvalue weighted by Crippen LogP contribution is 2.30. The van der Waals surface area contributed by atoms with Crippen LogP contribution in [0.15, 0.2) is 47.3 Å². The summed E-state index contributed by atoms with van der Waals surface area (Å²) in [6, 6.07) is 9.26. The van der Waals surface area contributed by atoms with E-state index in [-0.39, 0.29) is 23.0 Å². The van der Waals surface area contributed by atoms with Gasteiger partial charge in [0.2, 0.25) is 0 Å². The molecule has 0 radical (unpaired) electrons. The summed E-state index contributed by atoms with van der Waals surface area (Å²) in [6.07, 6.45) is -3.96. The number of hydrogen-bond acceptors (Lipinski definition) is 3. The second kappa shape index (κ2) is 7.85. The number of aromatic amines is 1. The normalized spacial score (nSPS) is 14.6. The molecule has 1 aromatic heterocycles. The minimum Gasteiger partial charge on any atom is -0.306 e. The van der Waals surface area contributed by atoms with E-state index < -0.39 is 17.6 Å². The van der Waals surface area contributed by atoms with Crippen molar-refractivity contribution < 1.29 is 17.6 Å². The van der Waals surface area contributed by atoms with Crippen molar-refractivity contribution in [3.63, 3.8) is 0 Å². The molecule has 0 saturated heterocycles. The smallest absolute Gasteiger partial charge is 0.306 e. The summed E-state index contributed by atoms with van der Waals surface area (Å²) < 4.78 is 52.4. The molecule has 0 amide bonds. The number of H-pyrrole nitrogens is 1. The summed E-state index contributed by atoms with van der Waals surface area (Å²) in [5, 5.41) is 0.0469. The zero-order chi connectivity index (χ0) is 21.5. The number of alkyl halides is 3. The lowest BCUT2D eigenvalue weighted by Gasteiger charge is -2.28. The Labute approximate surface area is 174 Å². The number of aromatic nitrogens is 2. The van der Waals surface area contributed by atoms with E-state index in [2.05, 4.69) is 9.97 Å². The molecule has 2 heterocycles. The fourth-order valence-corrected chi connectivity index (χ4v) is 3.68. The first-order valence-corrected chi connectivity index (χ1v) is 9.55. The monoisotopic (exact) mass is 437 g/mol. The average Bonchev–Trinajstić information content (AvgIpc) is 2.71. The first-order chi connectivity index (χ1) is 14.2. The lowest BCUT2D eigenvalue weighted by molar-refractivity contribution is -0.137. The van der Waals surface area contributed by atoms with Crippen LogP contribution < -0.4 is 5.56 Å². The van der Waals surface area contributed by atoms with Gasteiger partial charge in [0.1, 0.15) is 11.6 Å². The van der Waals surface area contributed by atoms with Gasteiger partial charge in [-0.2, -0.15) is 13.2 Å². The molecule has 9 heteroatoms. The summed E-state index contributed by atoms with van der Waals surface area (Å²) in [4.78, 5) is 21.6. The molecule has 1 aliphatic heterocycles. The number of fused-ring (bicyclic) bond motifs is 1. The quantitative estimate of drug-likeness (QED) is 0.598. The predicted molar refractivity (Wildman–Crippen MR) is 105 cm³/mol. The Bertz CT molecular complexity index is 1140. The molecule has 0 unspecified atom stereocenters. The van der Waals surface area contributed by atoms with Gasteiger partial charge in [-0.05, 0) is 18.2 Å². The third-order valence-electron chi connectivity index (χ3n) is 5.06. The molecule has 1 N–H and O–H groups in total. The summed E-state index contributed by atoms with van der Waals surface area (Å²) in [7, 11) is 0. The van der Waals surface area contributed by atoms with Crippen LogP contribution >= 0.6 is 11.6 Å². The van der Waals surface area contributed by atoms with Gasteiger partial charge in [0.15, 0.2) is 0 Å². The van der Waals surface area contributed by atoms with Gasteiger partial charge in [-0.15, -0.1) is 0 Å². The van der Waals surface area contributed by atoms with Crippen molar-refractivity contribution in [3.8, 4) is 11.4 Å². The van der Waals surface area contributed by atoms with Crippen LogP contribution in [0.3, 0.4) is 0 Å². The van der Waals surface area contributed by atoms with E-state index in [0.29, 0.717) is 41.9 Å². The second-order valence-corrected chi connectivity index (χ2v) is 7.50. The Morgan fingerprint density at radius 2 is 1.87 bits per heavy atom. The molecule has 4 nitrogen and oxygen atoms in total. The van der Waals surface area contributed by atoms with E-state index >= 15 is 0 Å². The molecule has 0 spiro atoms. The van der Waals surface area contributed by atoms with Crippen molar-refractivity contribution in [1.82, 2.24) is 14.9 Å². The van der Waals surface area contributed by atoms with Gasteiger partial charge in [-0.3, -0.25) is 9.69 Å². The van der Waals surface area contributed by atoms with Gasteiger partial charge < -0.3 is 4.98 Å². The molecular weight excluding hydrogens is 422 g/mol. The highest BCUT2D eigenvalue weighted by molar-refractivity contribution is 6.30. The molecule has 1 aliphatic rings. The van der Waals surface area contributed by atoms with Crippen LogP contribution in [0.2, 0.25) is 5.02 Å². The van der Waals surface area contributed by atoms with Crippen molar-refractivity contribution in [2.45, 2.75) is 25.7 Å². The van der Waals surface area contributed by atoms with E-state index in [1.807, 2.05) is 4.90 Å². The lowest BCUT2D eigenvalue weighted by atomic mass is 10.0. The topological polar surface area (TPSA) is 49.0 Å². The number of rotatable bonds is 3.